The van der Waals surface area contributed by atoms with Gasteiger partial charge in [0, 0.05) is 30.8 Å². The summed E-state index contributed by atoms with van der Waals surface area (Å²) >= 11 is 0. The van der Waals surface area contributed by atoms with E-state index in [-0.39, 0.29) is 18.2 Å². The monoisotopic (exact) mass is 381 g/mol. The van der Waals surface area contributed by atoms with E-state index < -0.39 is 5.97 Å². The molecule has 1 aliphatic carbocycles. The Hall–Kier alpha value is -2.63. The molecule has 1 atom stereocenters. The van der Waals surface area contributed by atoms with Gasteiger partial charge in [-0.3, -0.25) is 9.59 Å². The Morgan fingerprint density at radius 3 is 2.71 bits per heavy atom. The molecule has 0 saturated carbocycles. The number of piperidine rings is 1. The number of benzene rings is 1. The molecule has 0 radical (unpaired) electrons. The second kappa shape index (κ2) is 7.78. The third kappa shape index (κ3) is 3.68. The van der Waals surface area contributed by atoms with Crippen LogP contribution in [0.5, 0.6) is 0 Å². The van der Waals surface area contributed by atoms with Crippen LogP contribution in [-0.2, 0) is 17.6 Å². The largest absolute Gasteiger partial charge is 0.481 e. The van der Waals surface area contributed by atoms with Crippen molar-refractivity contribution in [3.8, 4) is 5.69 Å². The Kier molecular flexibility index (Phi) is 5.20. The molecule has 2 aromatic rings. The highest BCUT2D eigenvalue weighted by atomic mass is 16.4. The summed E-state index contributed by atoms with van der Waals surface area (Å²) < 4.78 is 1.95. The van der Waals surface area contributed by atoms with Crippen molar-refractivity contribution in [2.75, 3.05) is 13.1 Å². The van der Waals surface area contributed by atoms with Crippen LogP contribution < -0.4 is 0 Å². The Bertz CT molecular complexity index is 885. The van der Waals surface area contributed by atoms with E-state index in [9.17, 15) is 9.59 Å². The van der Waals surface area contributed by atoms with Crippen LogP contribution in [0.2, 0.25) is 0 Å². The topological polar surface area (TPSA) is 75.4 Å². The van der Waals surface area contributed by atoms with Crippen LogP contribution in [0.1, 0.15) is 59.4 Å². The average Bonchev–Trinajstić information content (AvgIpc) is 3.30. The zero-order valence-electron chi connectivity index (χ0n) is 16.4. The summed E-state index contributed by atoms with van der Waals surface area (Å²) in [7, 11) is 0. The first kappa shape index (κ1) is 18.7. The Balaban J connectivity index is 1.57. The first-order chi connectivity index (χ1) is 13.5. The van der Waals surface area contributed by atoms with E-state index in [0.717, 1.165) is 55.6 Å². The third-order valence-corrected chi connectivity index (χ3v) is 5.98. The maximum Gasteiger partial charge on any atom is 0.303 e. The van der Waals surface area contributed by atoms with Gasteiger partial charge >= 0.3 is 5.97 Å². The molecule has 1 N–H and O–H groups in total. The molecular formula is C22H27N3O3. The number of hydrogen-bond acceptors (Lipinski definition) is 3. The van der Waals surface area contributed by atoms with E-state index in [1.807, 2.05) is 9.58 Å². The highest BCUT2D eigenvalue weighted by molar-refractivity contribution is 5.94. The first-order valence-corrected chi connectivity index (χ1v) is 10.2. The summed E-state index contributed by atoms with van der Waals surface area (Å²) in [6.07, 6.45) is 5.63. The number of carboxylic acid groups (broad SMARTS) is 1. The molecule has 1 amide bonds. The predicted octanol–water partition coefficient (Wildman–Crippen LogP) is 3.39. The summed E-state index contributed by atoms with van der Waals surface area (Å²) in [5, 5.41) is 13.7. The molecule has 1 saturated heterocycles. The fourth-order valence-electron chi connectivity index (χ4n) is 4.47. The van der Waals surface area contributed by atoms with E-state index in [1.165, 1.54) is 5.56 Å². The lowest BCUT2D eigenvalue weighted by molar-refractivity contribution is -0.137. The van der Waals surface area contributed by atoms with Crippen molar-refractivity contribution in [2.24, 2.45) is 5.92 Å². The van der Waals surface area contributed by atoms with Crippen LogP contribution in [0.4, 0.5) is 0 Å². The molecule has 2 aliphatic rings. The number of aromatic nitrogens is 2. The number of carbonyl (C=O) groups is 2. The van der Waals surface area contributed by atoms with Gasteiger partial charge in [-0.1, -0.05) is 17.7 Å². The molecule has 0 spiro atoms. The van der Waals surface area contributed by atoms with Gasteiger partial charge in [0.1, 0.15) is 0 Å². The van der Waals surface area contributed by atoms with Gasteiger partial charge in [0.15, 0.2) is 5.69 Å². The third-order valence-electron chi connectivity index (χ3n) is 5.98. The van der Waals surface area contributed by atoms with Gasteiger partial charge < -0.3 is 10.0 Å². The second-order valence-corrected chi connectivity index (χ2v) is 8.07. The highest BCUT2D eigenvalue weighted by Gasteiger charge is 2.32. The summed E-state index contributed by atoms with van der Waals surface area (Å²) in [6, 6.07) is 8.24. The molecule has 6 nitrogen and oxygen atoms in total. The molecule has 0 bridgehead atoms. The summed E-state index contributed by atoms with van der Waals surface area (Å²) in [5.41, 5.74) is 5.04. The lowest BCUT2D eigenvalue weighted by Gasteiger charge is -2.32. The molecule has 148 valence electrons. The van der Waals surface area contributed by atoms with Crippen LogP contribution in [-0.4, -0.2) is 44.8 Å². The highest BCUT2D eigenvalue weighted by Crippen LogP contribution is 2.30. The molecule has 1 aromatic carbocycles. The standard InChI is InChI=1S/C22H27N3O3/c1-15-7-10-17(11-8-15)25-19-6-2-5-18(19)21(23-25)22(28)24-13-3-4-16(14-24)9-12-20(26)27/h7-8,10-11,16H,2-6,9,12-14H2,1H3,(H,26,27). The van der Waals surface area contributed by atoms with Gasteiger partial charge in [0.2, 0.25) is 0 Å². The number of rotatable bonds is 5. The second-order valence-electron chi connectivity index (χ2n) is 8.07. The zero-order chi connectivity index (χ0) is 19.7. The molecule has 1 fully saturated rings. The first-order valence-electron chi connectivity index (χ1n) is 10.2. The summed E-state index contributed by atoms with van der Waals surface area (Å²) in [6.45, 7) is 3.43. The molecule has 1 unspecified atom stereocenters. The molecule has 6 heteroatoms. The number of amides is 1. The molecular weight excluding hydrogens is 354 g/mol. The van der Waals surface area contributed by atoms with Crippen molar-refractivity contribution < 1.29 is 14.7 Å². The number of carboxylic acids is 1. The fraction of sp³-hybridized carbons (Fsp3) is 0.500. The van der Waals surface area contributed by atoms with Crippen molar-refractivity contribution in [3.05, 3.63) is 46.8 Å². The van der Waals surface area contributed by atoms with Gasteiger partial charge in [0.25, 0.3) is 5.91 Å². The average molecular weight is 381 g/mol. The van der Waals surface area contributed by atoms with Crippen LogP contribution >= 0.6 is 0 Å². The number of aryl methyl sites for hydroxylation is 1. The smallest absolute Gasteiger partial charge is 0.303 e. The van der Waals surface area contributed by atoms with Gasteiger partial charge in [-0.15, -0.1) is 0 Å². The molecule has 2 heterocycles. The van der Waals surface area contributed by atoms with Crippen LogP contribution in [0.25, 0.3) is 5.69 Å². The summed E-state index contributed by atoms with van der Waals surface area (Å²) in [4.78, 5) is 26.0. The molecule has 1 aromatic heterocycles. The predicted molar refractivity (Wildman–Crippen MR) is 106 cm³/mol. The van der Waals surface area contributed by atoms with Crippen molar-refractivity contribution >= 4 is 11.9 Å². The zero-order valence-corrected chi connectivity index (χ0v) is 16.4. The van der Waals surface area contributed by atoms with E-state index in [1.54, 1.807) is 0 Å². The number of likely N-dealkylation sites (tertiary alicyclic amines) is 1. The number of fused-ring (bicyclic) bond motifs is 1. The lowest BCUT2D eigenvalue weighted by Crippen LogP contribution is -2.40. The Morgan fingerprint density at radius 2 is 1.96 bits per heavy atom. The van der Waals surface area contributed by atoms with Gasteiger partial charge in [-0.05, 0) is 63.5 Å². The summed E-state index contributed by atoms with van der Waals surface area (Å²) in [5.74, 6) is -0.497. The maximum absolute atomic E-state index is 13.3. The van der Waals surface area contributed by atoms with Crippen LogP contribution in [0.15, 0.2) is 24.3 Å². The fourth-order valence-corrected chi connectivity index (χ4v) is 4.47. The van der Waals surface area contributed by atoms with Crippen molar-refractivity contribution in [3.63, 3.8) is 0 Å². The SMILES string of the molecule is Cc1ccc(-n2nc(C(=O)N3CCCC(CCC(=O)O)C3)c3c2CCC3)cc1. The lowest BCUT2D eigenvalue weighted by atomic mass is 9.93. The van der Waals surface area contributed by atoms with E-state index >= 15 is 0 Å². The molecule has 1 aliphatic heterocycles. The minimum Gasteiger partial charge on any atom is -0.481 e. The van der Waals surface area contributed by atoms with E-state index in [4.69, 9.17) is 10.2 Å². The van der Waals surface area contributed by atoms with Gasteiger partial charge in [0.05, 0.1) is 5.69 Å². The van der Waals surface area contributed by atoms with E-state index in [0.29, 0.717) is 18.7 Å². The van der Waals surface area contributed by atoms with Gasteiger partial charge in [-0.2, -0.15) is 5.10 Å². The van der Waals surface area contributed by atoms with Crippen LogP contribution in [0.3, 0.4) is 0 Å². The van der Waals surface area contributed by atoms with E-state index in [2.05, 4.69) is 31.2 Å². The van der Waals surface area contributed by atoms with Gasteiger partial charge in [-0.25, -0.2) is 4.68 Å². The number of nitrogens with zero attached hydrogens (tertiary/aromatic N) is 3. The minimum atomic E-state index is -0.766. The van der Waals surface area contributed by atoms with Crippen molar-refractivity contribution in [1.29, 1.82) is 0 Å². The molecule has 4 rings (SSSR count). The maximum atomic E-state index is 13.3. The normalized spacial score (nSPS) is 18.9. The number of carbonyl (C=O) groups excluding carboxylic acids is 1. The number of hydrogen-bond donors (Lipinski definition) is 1. The minimum absolute atomic E-state index is 0.00374. The quantitative estimate of drug-likeness (QED) is 0.861. The Morgan fingerprint density at radius 1 is 1.18 bits per heavy atom. The Labute approximate surface area is 165 Å². The van der Waals surface area contributed by atoms with Crippen LogP contribution in [0, 0.1) is 12.8 Å². The van der Waals surface area contributed by atoms with Crippen molar-refractivity contribution in [1.82, 2.24) is 14.7 Å². The number of aliphatic carboxylic acids is 1. The molecule has 28 heavy (non-hydrogen) atoms. The van der Waals surface area contributed by atoms with Crippen molar-refractivity contribution in [2.45, 2.75) is 51.9 Å².